The zero-order valence-electron chi connectivity index (χ0n) is 12.0. The number of carbonyl (C=O) groups is 1. The van der Waals surface area contributed by atoms with Crippen molar-refractivity contribution >= 4 is 5.91 Å². The lowest BCUT2D eigenvalue weighted by Crippen LogP contribution is -2.47. The Labute approximate surface area is 115 Å². The molecule has 0 aliphatic carbocycles. The summed E-state index contributed by atoms with van der Waals surface area (Å²) in [6, 6.07) is 9.46. The highest BCUT2D eigenvalue weighted by Crippen LogP contribution is 2.09. The van der Waals surface area contributed by atoms with Gasteiger partial charge in [0.05, 0.1) is 12.6 Å². The molecule has 1 aromatic rings. The number of carbonyl (C=O) groups excluding carboxylic acids is 1. The van der Waals surface area contributed by atoms with Crippen molar-refractivity contribution in [3.05, 3.63) is 35.9 Å². The molecule has 0 saturated heterocycles. The second-order valence-electron chi connectivity index (χ2n) is 5.01. The number of ether oxygens (including phenoxy) is 1. The Morgan fingerprint density at radius 2 is 1.95 bits per heavy atom. The normalized spacial score (nSPS) is 12.5. The lowest BCUT2D eigenvalue weighted by Gasteiger charge is -2.27. The van der Waals surface area contributed by atoms with Crippen molar-refractivity contribution in [2.75, 3.05) is 20.3 Å². The number of methoxy groups -OCH3 is 1. The Hall–Kier alpha value is -1.39. The van der Waals surface area contributed by atoms with Crippen molar-refractivity contribution in [2.45, 2.75) is 26.4 Å². The first-order valence-corrected chi connectivity index (χ1v) is 6.63. The molecule has 4 nitrogen and oxygen atoms in total. The number of amides is 1. The Balaban J connectivity index is 2.74. The molecule has 19 heavy (non-hydrogen) atoms. The van der Waals surface area contributed by atoms with Gasteiger partial charge in [-0.3, -0.25) is 4.79 Å². The van der Waals surface area contributed by atoms with E-state index in [1.54, 1.807) is 12.0 Å². The summed E-state index contributed by atoms with van der Waals surface area (Å²) in [7, 11) is 1.63. The van der Waals surface area contributed by atoms with E-state index in [0.29, 0.717) is 19.7 Å². The van der Waals surface area contributed by atoms with Crippen molar-refractivity contribution in [1.29, 1.82) is 0 Å². The average Bonchev–Trinajstić information content (AvgIpc) is 2.42. The maximum absolute atomic E-state index is 12.3. The largest absolute Gasteiger partial charge is 0.383 e. The van der Waals surface area contributed by atoms with Gasteiger partial charge in [-0.25, -0.2) is 0 Å². The molecule has 2 N–H and O–H groups in total. The predicted molar refractivity (Wildman–Crippen MR) is 76.5 cm³/mol. The fraction of sp³-hybridized carbons (Fsp3) is 0.533. The molecule has 0 unspecified atom stereocenters. The highest BCUT2D eigenvalue weighted by molar-refractivity contribution is 5.81. The van der Waals surface area contributed by atoms with Gasteiger partial charge in [0, 0.05) is 20.2 Å². The van der Waals surface area contributed by atoms with E-state index < -0.39 is 6.04 Å². The molecule has 106 valence electrons. The molecule has 0 spiro atoms. The quantitative estimate of drug-likeness (QED) is 0.814. The van der Waals surface area contributed by atoms with E-state index in [-0.39, 0.29) is 11.8 Å². The highest BCUT2D eigenvalue weighted by atomic mass is 16.5. The minimum Gasteiger partial charge on any atom is -0.383 e. The van der Waals surface area contributed by atoms with Gasteiger partial charge in [-0.05, 0) is 11.5 Å². The molecule has 0 fully saturated rings. The van der Waals surface area contributed by atoms with E-state index in [1.807, 2.05) is 44.2 Å². The van der Waals surface area contributed by atoms with Crippen molar-refractivity contribution < 1.29 is 9.53 Å². The first-order chi connectivity index (χ1) is 9.06. The van der Waals surface area contributed by atoms with Crippen LogP contribution in [0.2, 0.25) is 0 Å². The summed E-state index contributed by atoms with van der Waals surface area (Å²) < 4.78 is 5.07. The van der Waals surface area contributed by atoms with Gasteiger partial charge in [0.1, 0.15) is 0 Å². The molecule has 0 bridgehead atoms. The summed E-state index contributed by atoms with van der Waals surface area (Å²) in [5.41, 5.74) is 7.05. The molecule has 0 saturated carbocycles. The van der Waals surface area contributed by atoms with Crippen molar-refractivity contribution in [3.63, 3.8) is 0 Å². The van der Waals surface area contributed by atoms with Crippen LogP contribution >= 0.6 is 0 Å². The third-order valence-electron chi connectivity index (χ3n) is 3.10. The number of hydrogen-bond donors (Lipinski definition) is 1. The second kappa shape index (κ2) is 7.92. The second-order valence-corrected chi connectivity index (χ2v) is 5.01. The van der Waals surface area contributed by atoms with Crippen LogP contribution in [0.1, 0.15) is 19.4 Å². The third-order valence-corrected chi connectivity index (χ3v) is 3.10. The van der Waals surface area contributed by atoms with Crippen LogP contribution in [0.4, 0.5) is 0 Å². The molecule has 0 aliphatic rings. The first-order valence-electron chi connectivity index (χ1n) is 6.63. The van der Waals surface area contributed by atoms with Gasteiger partial charge in [0.25, 0.3) is 0 Å². The molecular formula is C15H24N2O2. The number of nitrogens with zero attached hydrogens (tertiary/aromatic N) is 1. The maximum atomic E-state index is 12.3. The topological polar surface area (TPSA) is 55.6 Å². The first kappa shape index (κ1) is 15.7. The molecular weight excluding hydrogens is 240 g/mol. The monoisotopic (exact) mass is 264 g/mol. The molecule has 0 heterocycles. The van der Waals surface area contributed by atoms with Crippen LogP contribution in [0.5, 0.6) is 0 Å². The molecule has 0 aliphatic heterocycles. The van der Waals surface area contributed by atoms with Crippen LogP contribution in [0.25, 0.3) is 0 Å². The molecule has 0 radical (unpaired) electrons. The summed E-state index contributed by atoms with van der Waals surface area (Å²) in [6.45, 7) is 5.57. The van der Waals surface area contributed by atoms with Gasteiger partial charge < -0.3 is 15.4 Å². The van der Waals surface area contributed by atoms with Gasteiger partial charge >= 0.3 is 0 Å². The van der Waals surface area contributed by atoms with Crippen LogP contribution < -0.4 is 5.73 Å². The molecule has 1 rings (SSSR count). The van der Waals surface area contributed by atoms with E-state index in [4.69, 9.17) is 10.5 Å². The van der Waals surface area contributed by atoms with Gasteiger partial charge in [-0.1, -0.05) is 44.2 Å². The number of hydrogen-bond acceptors (Lipinski definition) is 3. The molecule has 1 aromatic carbocycles. The summed E-state index contributed by atoms with van der Waals surface area (Å²) >= 11 is 0. The van der Waals surface area contributed by atoms with Gasteiger partial charge in [-0.15, -0.1) is 0 Å². The summed E-state index contributed by atoms with van der Waals surface area (Å²) in [5.74, 6) is 0.115. The van der Waals surface area contributed by atoms with Gasteiger partial charge in [0.15, 0.2) is 0 Å². The lowest BCUT2D eigenvalue weighted by molar-refractivity contribution is -0.134. The Morgan fingerprint density at radius 1 is 1.32 bits per heavy atom. The third kappa shape index (κ3) is 5.01. The van der Waals surface area contributed by atoms with Gasteiger partial charge in [-0.2, -0.15) is 0 Å². The Morgan fingerprint density at radius 3 is 2.47 bits per heavy atom. The Bertz CT molecular complexity index is 379. The van der Waals surface area contributed by atoms with E-state index in [1.165, 1.54) is 0 Å². The molecule has 4 heteroatoms. The SMILES string of the molecule is COCCN(Cc1ccccc1)C(=O)[C@@H](N)C(C)C. The summed E-state index contributed by atoms with van der Waals surface area (Å²) in [4.78, 5) is 14.1. The molecule has 1 amide bonds. The summed E-state index contributed by atoms with van der Waals surface area (Å²) in [5, 5.41) is 0. The van der Waals surface area contributed by atoms with E-state index in [2.05, 4.69) is 0 Å². The van der Waals surface area contributed by atoms with Crippen LogP contribution in [0, 0.1) is 5.92 Å². The number of nitrogens with two attached hydrogens (primary N) is 1. The zero-order valence-corrected chi connectivity index (χ0v) is 12.0. The maximum Gasteiger partial charge on any atom is 0.240 e. The minimum absolute atomic E-state index is 0.0177. The average molecular weight is 264 g/mol. The van der Waals surface area contributed by atoms with Crippen LogP contribution in [-0.2, 0) is 16.1 Å². The Kier molecular flexibility index (Phi) is 6.53. The fourth-order valence-electron chi connectivity index (χ4n) is 1.77. The number of rotatable bonds is 7. The van der Waals surface area contributed by atoms with Crippen molar-refractivity contribution in [3.8, 4) is 0 Å². The number of benzene rings is 1. The van der Waals surface area contributed by atoms with Crippen LogP contribution in [0.3, 0.4) is 0 Å². The summed E-state index contributed by atoms with van der Waals surface area (Å²) in [6.07, 6.45) is 0. The van der Waals surface area contributed by atoms with Gasteiger partial charge in [0.2, 0.25) is 5.91 Å². The molecule has 0 aromatic heterocycles. The van der Waals surface area contributed by atoms with E-state index in [9.17, 15) is 4.79 Å². The van der Waals surface area contributed by atoms with Crippen molar-refractivity contribution in [1.82, 2.24) is 4.90 Å². The molecule has 1 atom stereocenters. The minimum atomic E-state index is -0.458. The van der Waals surface area contributed by atoms with E-state index >= 15 is 0 Å². The van der Waals surface area contributed by atoms with Crippen LogP contribution in [-0.4, -0.2) is 37.1 Å². The fourth-order valence-corrected chi connectivity index (χ4v) is 1.77. The van der Waals surface area contributed by atoms with Crippen molar-refractivity contribution in [2.24, 2.45) is 11.7 Å². The predicted octanol–water partition coefficient (Wildman–Crippen LogP) is 1.64. The lowest BCUT2D eigenvalue weighted by atomic mass is 10.0. The van der Waals surface area contributed by atoms with E-state index in [0.717, 1.165) is 5.56 Å². The zero-order chi connectivity index (χ0) is 14.3. The highest BCUT2D eigenvalue weighted by Gasteiger charge is 2.23. The smallest absolute Gasteiger partial charge is 0.240 e. The van der Waals surface area contributed by atoms with Crippen LogP contribution in [0.15, 0.2) is 30.3 Å². The standard InChI is InChI=1S/C15H24N2O2/c1-12(2)14(16)15(18)17(9-10-19-3)11-13-7-5-4-6-8-13/h4-8,12,14H,9-11,16H2,1-3H3/t14-/m0/s1.